The van der Waals surface area contributed by atoms with E-state index in [9.17, 15) is 18.0 Å². The first kappa shape index (κ1) is 21.8. The molecule has 0 saturated heterocycles. The van der Waals surface area contributed by atoms with Crippen LogP contribution in [0.25, 0.3) is 0 Å². The Hall–Kier alpha value is -2.25. The van der Waals surface area contributed by atoms with Crippen molar-refractivity contribution in [2.45, 2.75) is 25.2 Å². The van der Waals surface area contributed by atoms with Crippen LogP contribution in [0.15, 0.2) is 54.6 Å². The number of nitrogens with one attached hydrogen (secondary N) is 1. The molecular formula is C18H20ClF3N2O2. The maximum absolute atomic E-state index is 12.1. The molecule has 0 saturated carbocycles. The highest BCUT2D eigenvalue weighted by Crippen LogP contribution is 2.23. The van der Waals surface area contributed by atoms with Crippen LogP contribution in [-0.2, 0) is 11.2 Å². The number of carbonyl (C=O) groups is 1. The Morgan fingerprint density at radius 3 is 2.27 bits per heavy atom. The van der Waals surface area contributed by atoms with Crippen molar-refractivity contribution in [1.29, 1.82) is 0 Å². The third kappa shape index (κ3) is 7.76. The maximum atomic E-state index is 12.1. The highest BCUT2D eigenvalue weighted by Gasteiger charge is 2.30. The standard InChI is InChI=1S/C18H19F3N2O2.ClH/c19-18(20,21)25-15-9-6-13(7-10-15)8-11-17(24)23-12-16(22)14-4-2-1-3-5-14;/h1-7,9-10,16H,8,11-12,22H2,(H,23,24);1H. The van der Waals surface area contributed by atoms with Gasteiger partial charge < -0.3 is 15.8 Å². The van der Waals surface area contributed by atoms with Crippen LogP contribution in [0.3, 0.4) is 0 Å². The zero-order valence-electron chi connectivity index (χ0n) is 13.8. The number of nitrogens with two attached hydrogens (primary N) is 1. The zero-order chi connectivity index (χ0) is 18.3. The molecule has 0 aromatic heterocycles. The van der Waals surface area contributed by atoms with Gasteiger partial charge in [0.05, 0.1) is 0 Å². The van der Waals surface area contributed by atoms with E-state index in [0.717, 1.165) is 11.1 Å². The monoisotopic (exact) mass is 388 g/mol. The van der Waals surface area contributed by atoms with Crippen molar-refractivity contribution in [3.63, 3.8) is 0 Å². The van der Waals surface area contributed by atoms with E-state index in [1.54, 1.807) is 0 Å². The number of carbonyl (C=O) groups excluding carboxylic acids is 1. The van der Waals surface area contributed by atoms with Crippen molar-refractivity contribution < 1.29 is 22.7 Å². The van der Waals surface area contributed by atoms with Gasteiger partial charge in [-0.05, 0) is 29.7 Å². The van der Waals surface area contributed by atoms with Crippen LogP contribution in [0.4, 0.5) is 13.2 Å². The Morgan fingerprint density at radius 2 is 1.69 bits per heavy atom. The van der Waals surface area contributed by atoms with Crippen molar-refractivity contribution in [3.8, 4) is 5.75 Å². The SMILES string of the molecule is Cl.NC(CNC(=O)CCc1ccc(OC(F)(F)F)cc1)c1ccccc1. The Balaban J connectivity index is 0.00000338. The lowest BCUT2D eigenvalue weighted by molar-refractivity contribution is -0.274. The molecule has 1 amide bonds. The number of hydrogen-bond donors (Lipinski definition) is 2. The summed E-state index contributed by atoms with van der Waals surface area (Å²) in [4.78, 5) is 11.9. The molecule has 2 aromatic rings. The lowest BCUT2D eigenvalue weighted by Gasteiger charge is -2.13. The van der Waals surface area contributed by atoms with Crippen LogP contribution < -0.4 is 15.8 Å². The van der Waals surface area contributed by atoms with Gasteiger partial charge in [0.1, 0.15) is 5.75 Å². The first-order valence-corrected chi connectivity index (χ1v) is 7.75. The number of aryl methyl sites for hydroxylation is 1. The molecule has 3 N–H and O–H groups in total. The summed E-state index contributed by atoms with van der Waals surface area (Å²) >= 11 is 0. The molecule has 0 aliphatic heterocycles. The Morgan fingerprint density at radius 1 is 1.08 bits per heavy atom. The molecular weight excluding hydrogens is 369 g/mol. The molecule has 4 nitrogen and oxygen atoms in total. The number of rotatable bonds is 7. The summed E-state index contributed by atoms with van der Waals surface area (Å²) in [6.45, 7) is 0.321. The molecule has 0 heterocycles. The van der Waals surface area contributed by atoms with Crippen LogP contribution in [0.5, 0.6) is 5.75 Å². The minimum absolute atomic E-state index is 0. The van der Waals surface area contributed by atoms with Crippen molar-refractivity contribution >= 4 is 18.3 Å². The van der Waals surface area contributed by atoms with Gasteiger partial charge in [0.2, 0.25) is 5.91 Å². The van der Waals surface area contributed by atoms with Gasteiger partial charge in [-0.2, -0.15) is 0 Å². The molecule has 1 atom stereocenters. The quantitative estimate of drug-likeness (QED) is 0.759. The summed E-state index contributed by atoms with van der Waals surface area (Å²) in [6.07, 6.45) is -4.07. The van der Waals surface area contributed by atoms with Gasteiger partial charge in [0, 0.05) is 19.0 Å². The van der Waals surface area contributed by atoms with Gasteiger partial charge in [-0.25, -0.2) is 0 Å². The minimum atomic E-state index is -4.71. The molecule has 0 spiro atoms. The molecule has 0 radical (unpaired) electrons. The molecule has 142 valence electrons. The molecule has 2 aromatic carbocycles. The highest BCUT2D eigenvalue weighted by molar-refractivity contribution is 5.85. The summed E-state index contributed by atoms with van der Waals surface area (Å²) < 4.78 is 40.0. The predicted molar refractivity (Wildman–Crippen MR) is 95.1 cm³/mol. The molecule has 2 rings (SSSR count). The average molecular weight is 389 g/mol. The van der Waals surface area contributed by atoms with E-state index >= 15 is 0 Å². The fourth-order valence-electron chi connectivity index (χ4n) is 2.25. The van der Waals surface area contributed by atoms with E-state index in [-0.39, 0.29) is 36.5 Å². The summed E-state index contributed by atoms with van der Waals surface area (Å²) in [6, 6.07) is 14.6. The fraction of sp³-hybridized carbons (Fsp3) is 0.278. The summed E-state index contributed by atoms with van der Waals surface area (Å²) in [5, 5.41) is 2.76. The van der Waals surface area contributed by atoms with Crippen molar-refractivity contribution in [2.24, 2.45) is 5.73 Å². The zero-order valence-corrected chi connectivity index (χ0v) is 14.6. The van der Waals surface area contributed by atoms with E-state index < -0.39 is 6.36 Å². The minimum Gasteiger partial charge on any atom is -0.406 e. The van der Waals surface area contributed by atoms with Crippen molar-refractivity contribution in [1.82, 2.24) is 5.32 Å². The summed E-state index contributed by atoms with van der Waals surface area (Å²) in [7, 11) is 0. The lowest BCUT2D eigenvalue weighted by atomic mass is 10.1. The first-order valence-electron chi connectivity index (χ1n) is 7.75. The highest BCUT2D eigenvalue weighted by atomic mass is 35.5. The average Bonchev–Trinajstić information content (AvgIpc) is 2.58. The van der Waals surface area contributed by atoms with Crippen molar-refractivity contribution in [3.05, 3.63) is 65.7 Å². The molecule has 1 unspecified atom stereocenters. The third-order valence-electron chi connectivity index (χ3n) is 3.54. The molecule has 0 aliphatic rings. The van der Waals surface area contributed by atoms with E-state index in [1.165, 1.54) is 24.3 Å². The van der Waals surface area contributed by atoms with Crippen LogP contribution in [0, 0.1) is 0 Å². The van der Waals surface area contributed by atoms with Crippen LogP contribution in [0.2, 0.25) is 0 Å². The number of hydrogen-bond acceptors (Lipinski definition) is 3. The maximum Gasteiger partial charge on any atom is 0.573 e. The second kappa shape index (κ2) is 10.0. The Labute approximate surface area is 155 Å². The molecule has 0 aliphatic carbocycles. The topological polar surface area (TPSA) is 64.3 Å². The lowest BCUT2D eigenvalue weighted by Crippen LogP contribution is -2.32. The molecule has 0 fully saturated rings. The molecule has 26 heavy (non-hydrogen) atoms. The van der Waals surface area contributed by atoms with E-state index in [0.29, 0.717) is 13.0 Å². The van der Waals surface area contributed by atoms with Gasteiger partial charge in [0.15, 0.2) is 0 Å². The fourth-order valence-corrected chi connectivity index (χ4v) is 2.25. The van der Waals surface area contributed by atoms with Crippen LogP contribution in [-0.4, -0.2) is 18.8 Å². The number of alkyl halides is 3. The van der Waals surface area contributed by atoms with Crippen LogP contribution >= 0.6 is 12.4 Å². The second-order valence-corrected chi connectivity index (χ2v) is 5.51. The summed E-state index contributed by atoms with van der Waals surface area (Å²) in [5.41, 5.74) is 7.68. The Bertz CT molecular complexity index is 679. The van der Waals surface area contributed by atoms with Gasteiger partial charge in [-0.1, -0.05) is 42.5 Å². The van der Waals surface area contributed by atoms with Gasteiger partial charge >= 0.3 is 6.36 Å². The van der Waals surface area contributed by atoms with Crippen molar-refractivity contribution in [2.75, 3.05) is 6.54 Å². The number of amides is 1. The molecule has 0 bridgehead atoms. The normalized spacial score (nSPS) is 12.0. The van der Waals surface area contributed by atoms with Gasteiger partial charge in [0.25, 0.3) is 0 Å². The van der Waals surface area contributed by atoms with E-state index in [1.807, 2.05) is 30.3 Å². The largest absolute Gasteiger partial charge is 0.573 e. The van der Waals surface area contributed by atoms with E-state index in [4.69, 9.17) is 5.73 Å². The first-order chi connectivity index (χ1) is 11.8. The summed E-state index contributed by atoms with van der Waals surface area (Å²) in [5.74, 6) is -0.448. The number of ether oxygens (including phenoxy) is 1. The third-order valence-corrected chi connectivity index (χ3v) is 3.54. The molecule has 8 heteroatoms. The smallest absolute Gasteiger partial charge is 0.406 e. The van der Waals surface area contributed by atoms with Gasteiger partial charge in [-0.15, -0.1) is 25.6 Å². The van der Waals surface area contributed by atoms with E-state index in [2.05, 4.69) is 10.1 Å². The predicted octanol–water partition coefficient (Wildman–Crippen LogP) is 3.76. The van der Waals surface area contributed by atoms with Gasteiger partial charge in [-0.3, -0.25) is 4.79 Å². The van der Waals surface area contributed by atoms with Crippen LogP contribution in [0.1, 0.15) is 23.6 Å². The Kier molecular flexibility index (Phi) is 8.41. The number of benzene rings is 2. The number of halogens is 4. The second-order valence-electron chi connectivity index (χ2n) is 5.51.